The molecule has 4 aromatic rings. The molecule has 0 saturated carbocycles. The molecule has 154 valence electrons. The lowest BCUT2D eigenvalue weighted by Crippen LogP contribution is -2.03. The van der Waals surface area contributed by atoms with E-state index < -0.39 is 0 Å². The van der Waals surface area contributed by atoms with E-state index in [4.69, 9.17) is 0 Å². The highest BCUT2D eigenvalue weighted by Crippen LogP contribution is 2.30. The Hall–Kier alpha value is -2.66. The van der Waals surface area contributed by atoms with Gasteiger partial charge in [0.15, 0.2) is 0 Å². The summed E-state index contributed by atoms with van der Waals surface area (Å²) in [6.45, 7) is 3.04. The number of nitrogens with zero attached hydrogens (tertiary/aromatic N) is 3. The van der Waals surface area contributed by atoms with Crippen LogP contribution in [0.5, 0.6) is 0 Å². The lowest BCUT2D eigenvalue weighted by atomic mass is 10.1. The Morgan fingerprint density at radius 2 is 1.80 bits per heavy atom. The number of unbranched alkanes of at least 4 members (excludes halogenated alkanes) is 1. The predicted molar refractivity (Wildman–Crippen MR) is 125 cm³/mol. The van der Waals surface area contributed by atoms with Gasteiger partial charge in [0, 0.05) is 18.4 Å². The zero-order valence-electron chi connectivity index (χ0n) is 17.2. The second kappa shape index (κ2) is 9.43. The first-order valence-electron chi connectivity index (χ1n) is 10.5. The van der Waals surface area contributed by atoms with Crippen molar-refractivity contribution in [2.75, 3.05) is 5.75 Å². The van der Waals surface area contributed by atoms with Crippen molar-refractivity contribution in [2.24, 2.45) is 0 Å². The smallest absolute Gasteiger partial charge is 0.144 e. The van der Waals surface area contributed by atoms with Gasteiger partial charge in [-0.25, -0.2) is 14.4 Å². The number of hydrogen-bond acceptors (Lipinski definition) is 3. The number of fused-ring (bicyclic) bond motifs is 1. The minimum absolute atomic E-state index is 0.223. The van der Waals surface area contributed by atoms with E-state index in [-0.39, 0.29) is 5.82 Å². The first kappa shape index (κ1) is 20.6. The van der Waals surface area contributed by atoms with Crippen molar-refractivity contribution in [1.29, 1.82) is 0 Å². The first-order chi connectivity index (χ1) is 14.7. The van der Waals surface area contributed by atoms with E-state index in [1.807, 2.05) is 6.07 Å². The molecule has 2 aromatic heterocycles. The fraction of sp³-hybridized carbons (Fsp3) is 0.280. The maximum absolute atomic E-state index is 13.7. The number of halogens is 1. The number of aryl methyl sites for hydroxylation is 2. The lowest BCUT2D eigenvalue weighted by molar-refractivity contribution is 0.626. The van der Waals surface area contributed by atoms with E-state index in [0.29, 0.717) is 6.42 Å². The highest BCUT2D eigenvalue weighted by atomic mass is 32.1. The van der Waals surface area contributed by atoms with Crippen LogP contribution in [0.25, 0.3) is 22.3 Å². The van der Waals surface area contributed by atoms with E-state index in [1.165, 1.54) is 17.2 Å². The van der Waals surface area contributed by atoms with Crippen LogP contribution in [0.3, 0.4) is 0 Å². The van der Waals surface area contributed by atoms with E-state index in [0.717, 1.165) is 59.5 Å². The van der Waals surface area contributed by atoms with Gasteiger partial charge in [-0.1, -0.05) is 43.3 Å². The fourth-order valence-electron chi connectivity index (χ4n) is 3.85. The molecule has 2 aromatic carbocycles. The number of aromatic nitrogens is 3. The predicted octanol–water partition coefficient (Wildman–Crippen LogP) is 6.10. The van der Waals surface area contributed by atoms with Crippen LogP contribution in [0.4, 0.5) is 4.39 Å². The van der Waals surface area contributed by atoms with Gasteiger partial charge in [-0.05, 0) is 59.9 Å². The molecule has 0 saturated heterocycles. The lowest BCUT2D eigenvalue weighted by Gasteiger charge is -2.11. The van der Waals surface area contributed by atoms with Crippen LogP contribution in [0, 0.1) is 5.82 Å². The van der Waals surface area contributed by atoms with Crippen molar-refractivity contribution in [3.63, 3.8) is 0 Å². The molecule has 0 N–H and O–H groups in total. The Morgan fingerprint density at radius 3 is 2.53 bits per heavy atom. The van der Waals surface area contributed by atoms with Crippen LogP contribution in [0.15, 0.2) is 60.9 Å². The molecule has 0 aliphatic carbocycles. The van der Waals surface area contributed by atoms with Crippen LogP contribution in [0.1, 0.15) is 36.6 Å². The van der Waals surface area contributed by atoms with Crippen molar-refractivity contribution >= 4 is 23.7 Å². The quantitative estimate of drug-likeness (QED) is 0.276. The molecule has 0 aliphatic heterocycles. The molecule has 30 heavy (non-hydrogen) atoms. The Kier molecular flexibility index (Phi) is 6.48. The highest BCUT2D eigenvalue weighted by molar-refractivity contribution is 7.80. The average Bonchev–Trinajstić information content (AvgIpc) is 3.14. The normalized spacial score (nSPS) is 11.3. The molecule has 0 amide bonds. The van der Waals surface area contributed by atoms with Crippen molar-refractivity contribution in [3.05, 3.63) is 83.6 Å². The minimum atomic E-state index is -0.223. The standard InChI is InChI=1S/C25H26FN3S/c1-2-18-8-10-20(11-9-18)24-16-22-23(15-19-6-5-7-21(26)14-19)27-17-28-25(22)29(24)12-3-4-13-30/h5-11,14,16-17,30H,2-4,12-13,15H2,1H3. The van der Waals surface area contributed by atoms with Crippen molar-refractivity contribution in [2.45, 2.75) is 39.2 Å². The molecular weight excluding hydrogens is 393 g/mol. The summed E-state index contributed by atoms with van der Waals surface area (Å²) in [5, 5.41) is 1.03. The van der Waals surface area contributed by atoms with Gasteiger partial charge in [-0.2, -0.15) is 12.6 Å². The van der Waals surface area contributed by atoms with E-state index in [9.17, 15) is 4.39 Å². The van der Waals surface area contributed by atoms with Crippen molar-refractivity contribution < 1.29 is 4.39 Å². The Morgan fingerprint density at radius 1 is 0.967 bits per heavy atom. The number of rotatable bonds is 8. The first-order valence-corrected chi connectivity index (χ1v) is 11.1. The number of thiol groups is 1. The Labute approximate surface area is 182 Å². The molecule has 2 heterocycles. The summed E-state index contributed by atoms with van der Waals surface area (Å²) in [6.07, 6.45) is 5.31. The van der Waals surface area contributed by atoms with Gasteiger partial charge in [-0.3, -0.25) is 0 Å². The maximum Gasteiger partial charge on any atom is 0.144 e. The molecular formula is C25H26FN3S. The third-order valence-electron chi connectivity index (χ3n) is 5.48. The molecule has 0 aliphatic rings. The van der Waals surface area contributed by atoms with Crippen LogP contribution in [0.2, 0.25) is 0 Å². The molecule has 3 nitrogen and oxygen atoms in total. The zero-order valence-corrected chi connectivity index (χ0v) is 18.1. The summed E-state index contributed by atoms with van der Waals surface area (Å²) in [4.78, 5) is 9.16. The van der Waals surface area contributed by atoms with E-state index in [2.05, 4.69) is 64.4 Å². The molecule has 4 rings (SSSR count). The Balaban J connectivity index is 1.79. The molecule has 0 radical (unpaired) electrons. The SMILES string of the molecule is CCc1ccc(-c2cc3c(Cc4cccc(F)c4)ncnc3n2CCCCS)cc1. The van der Waals surface area contributed by atoms with Crippen LogP contribution in [-0.2, 0) is 19.4 Å². The molecule has 0 fully saturated rings. The van der Waals surface area contributed by atoms with Gasteiger partial charge in [0.25, 0.3) is 0 Å². The van der Waals surface area contributed by atoms with Gasteiger partial charge in [0.2, 0.25) is 0 Å². The highest BCUT2D eigenvalue weighted by Gasteiger charge is 2.15. The number of hydrogen-bond donors (Lipinski definition) is 1. The van der Waals surface area contributed by atoms with Gasteiger partial charge >= 0.3 is 0 Å². The second-order valence-electron chi connectivity index (χ2n) is 7.53. The van der Waals surface area contributed by atoms with Crippen LogP contribution >= 0.6 is 12.6 Å². The van der Waals surface area contributed by atoms with Gasteiger partial charge in [0.1, 0.15) is 17.8 Å². The summed E-state index contributed by atoms with van der Waals surface area (Å²) in [5.74, 6) is 0.651. The van der Waals surface area contributed by atoms with E-state index >= 15 is 0 Å². The maximum atomic E-state index is 13.7. The van der Waals surface area contributed by atoms with Gasteiger partial charge in [-0.15, -0.1) is 0 Å². The second-order valence-corrected chi connectivity index (χ2v) is 7.97. The van der Waals surface area contributed by atoms with Crippen LogP contribution < -0.4 is 0 Å². The molecule has 0 bridgehead atoms. The fourth-order valence-corrected chi connectivity index (χ4v) is 4.08. The van der Waals surface area contributed by atoms with Crippen molar-refractivity contribution in [3.8, 4) is 11.3 Å². The summed E-state index contributed by atoms with van der Waals surface area (Å²) in [6, 6.07) is 17.6. The van der Waals surface area contributed by atoms with Crippen LogP contribution in [-0.4, -0.2) is 20.3 Å². The third kappa shape index (κ3) is 4.41. The number of benzene rings is 2. The Bertz CT molecular complexity index is 1140. The molecule has 0 spiro atoms. The van der Waals surface area contributed by atoms with E-state index in [1.54, 1.807) is 18.5 Å². The van der Waals surface area contributed by atoms with Gasteiger partial charge in [0.05, 0.1) is 11.4 Å². The van der Waals surface area contributed by atoms with Crippen molar-refractivity contribution in [1.82, 2.24) is 14.5 Å². The minimum Gasteiger partial charge on any atom is -0.325 e. The molecule has 0 unspecified atom stereocenters. The zero-order chi connectivity index (χ0) is 20.9. The monoisotopic (exact) mass is 419 g/mol. The molecule has 0 atom stereocenters. The topological polar surface area (TPSA) is 30.7 Å². The summed E-state index contributed by atoms with van der Waals surface area (Å²) in [5.41, 5.74) is 6.41. The largest absolute Gasteiger partial charge is 0.325 e. The summed E-state index contributed by atoms with van der Waals surface area (Å²) < 4.78 is 16.0. The third-order valence-corrected chi connectivity index (χ3v) is 5.80. The average molecular weight is 420 g/mol. The molecule has 5 heteroatoms. The summed E-state index contributed by atoms with van der Waals surface area (Å²) in [7, 11) is 0. The van der Waals surface area contributed by atoms with Gasteiger partial charge < -0.3 is 4.57 Å². The summed E-state index contributed by atoms with van der Waals surface area (Å²) >= 11 is 4.36.